The highest BCUT2D eigenvalue weighted by Gasteiger charge is 2.05. The highest BCUT2D eigenvalue weighted by molar-refractivity contribution is 5.80. The number of nitro benzene ring substituents is 1. The van der Waals surface area contributed by atoms with E-state index in [9.17, 15) is 10.1 Å². The third kappa shape index (κ3) is 3.06. The maximum Gasteiger partial charge on any atom is 0.269 e. The normalized spacial score (nSPS) is 11.0. The molecule has 10 nitrogen and oxygen atoms in total. The van der Waals surface area contributed by atoms with Crippen LogP contribution in [0, 0.1) is 17.0 Å². The van der Waals surface area contributed by atoms with Gasteiger partial charge in [0.15, 0.2) is 5.82 Å². The first-order valence-electron chi connectivity index (χ1n) is 6.93. The van der Waals surface area contributed by atoms with Crippen molar-refractivity contribution < 1.29 is 4.92 Å². The van der Waals surface area contributed by atoms with E-state index in [0.29, 0.717) is 11.8 Å². The maximum absolute atomic E-state index is 10.7. The Bertz CT molecular complexity index is 894. The number of hydrogen-bond donors (Lipinski definition) is 2. The zero-order valence-electron chi connectivity index (χ0n) is 12.7. The van der Waals surface area contributed by atoms with Gasteiger partial charge in [0.2, 0.25) is 0 Å². The van der Waals surface area contributed by atoms with Crippen LogP contribution in [0.5, 0.6) is 0 Å². The summed E-state index contributed by atoms with van der Waals surface area (Å²) in [5, 5.41) is 22.3. The van der Waals surface area contributed by atoms with Gasteiger partial charge in [-0.2, -0.15) is 5.10 Å². The van der Waals surface area contributed by atoms with Gasteiger partial charge < -0.3 is 10.4 Å². The monoisotopic (exact) mass is 326 g/mol. The maximum atomic E-state index is 10.7. The van der Waals surface area contributed by atoms with E-state index in [1.165, 1.54) is 16.8 Å². The number of aryl methyl sites for hydroxylation is 1. The zero-order chi connectivity index (χ0) is 17.1. The molecular weight excluding hydrogens is 312 g/mol. The Hall–Kier alpha value is -3.69. The minimum absolute atomic E-state index is 0.0538. The van der Waals surface area contributed by atoms with E-state index >= 15 is 0 Å². The van der Waals surface area contributed by atoms with Crippen molar-refractivity contribution in [2.24, 2.45) is 5.10 Å². The molecule has 3 aromatic rings. The Kier molecular flexibility index (Phi) is 3.93. The number of aromatic nitrogens is 4. The molecule has 3 N–H and O–H groups in total. The van der Waals surface area contributed by atoms with Crippen LogP contribution in [0.25, 0.3) is 5.69 Å². The number of benzene rings is 1. The summed E-state index contributed by atoms with van der Waals surface area (Å²) in [7, 11) is 0. The Morgan fingerprint density at radius 1 is 1.29 bits per heavy atom. The van der Waals surface area contributed by atoms with Crippen molar-refractivity contribution in [2.75, 3.05) is 11.3 Å². The van der Waals surface area contributed by atoms with Crippen molar-refractivity contribution in [3.63, 3.8) is 0 Å². The largest absolute Gasteiger partial charge is 0.335 e. The van der Waals surface area contributed by atoms with Crippen LogP contribution >= 0.6 is 0 Å². The first kappa shape index (κ1) is 15.2. The second-order valence-electron chi connectivity index (χ2n) is 4.94. The van der Waals surface area contributed by atoms with Crippen LogP contribution < -0.4 is 11.3 Å². The molecule has 2 aromatic heterocycles. The average Bonchev–Trinajstić information content (AvgIpc) is 3.17. The molecule has 0 atom stereocenters. The van der Waals surface area contributed by atoms with Crippen molar-refractivity contribution in [1.82, 2.24) is 19.4 Å². The van der Waals surface area contributed by atoms with Crippen LogP contribution in [0.15, 0.2) is 47.8 Å². The quantitative estimate of drug-likeness (QED) is 0.316. The number of hydrazone groups is 1. The Morgan fingerprint density at radius 2 is 2.04 bits per heavy atom. The number of nitrogens with zero attached hydrogens (tertiary/aromatic N) is 6. The van der Waals surface area contributed by atoms with Gasteiger partial charge in [0.05, 0.1) is 11.1 Å². The van der Waals surface area contributed by atoms with Crippen molar-refractivity contribution in [1.29, 1.82) is 0 Å². The Labute approximate surface area is 136 Å². The molecule has 3 rings (SSSR count). The number of nitrogens with two attached hydrogens (primary N) is 1. The fourth-order valence-corrected chi connectivity index (χ4v) is 2.01. The van der Waals surface area contributed by atoms with Crippen molar-refractivity contribution in [3.8, 4) is 5.69 Å². The molecule has 1 aromatic carbocycles. The van der Waals surface area contributed by atoms with Gasteiger partial charge in [-0.3, -0.25) is 10.1 Å². The van der Waals surface area contributed by atoms with E-state index in [1.807, 2.05) is 23.0 Å². The van der Waals surface area contributed by atoms with Crippen LogP contribution in [-0.2, 0) is 0 Å². The van der Waals surface area contributed by atoms with Crippen molar-refractivity contribution in [2.45, 2.75) is 6.92 Å². The van der Waals surface area contributed by atoms with E-state index in [-0.39, 0.29) is 5.69 Å². The molecule has 0 radical (unpaired) electrons. The van der Waals surface area contributed by atoms with E-state index in [4.69, 9.17) is 5.84 Å². The molecule has 0 saturated carbocycles. The molecule has 0 aliphatic rings. The minimum Gasteiger partial charge on any atom is -0.335 e. The first-order valence-corrected chi connectivity index (χ1v) is 6.93. The summed E-state index contributed by atoms with van der Waals surface area (Å²) in [4.78, 5) is 10.2. The number of rotatable bonds is 5. The molecule has 0 saturated heterocycles. The predicted octanol–water partition coefficient (Wildman–Crippen LogP) is 1.45. The summed E-state index contributed by atoms with van der Waals surface area (Å²) < 4.78 is 3.13. The topological polar surface area (TPSA) is 129 Å². The molecule has 0 unspecified atom stereocenters. The van der Waals surface area contributed by atoms with Gasteiger partial charge in [-0.15, -0.1) is 10.2 Å². The molecule has 0 bridgehead atoms. The molecule has 122 valence electrons. The molecule has 24 heavy (non-hydrogen) atoms. The van der Waals surface area contributed by atoms with E-state index in [0.717, 1.165) is 11.3 Å². The molecule has 0 amide bonds. The first-order chi connectivity index (χ1) is 11.5. The van der Waals surface area contributed by atoms with E-state index in [1.54, 1.807) is 25.3 Å². The lowest BCUT2D eigenvalue weighted by Gasteiger charge is -2.01. The number of nitrogen functional groups attached to an aromatic ring is 1. The van der Waals surface area contributed by atoms with Gasteiger partial charge in [-0.1, -0.05) is 0 Å². The molecule has 0 aliphatic heterocycles. The molecule has 0 spiro atoms. The lowest BCUT2D eigenvalue weighted by molar-refractivity contribution is -0.384. The number of nitrogens with one attached hydrogen (secondary N) is 1. The zero-order valence-corrected chi connectivity index (χ0v) is 12.7. The van der Waals surface area contributed by atoms with Crippen LogP contribution in [0.4, 0.5) is 11.6 Å². The predicted molar refractivity (Wildman–Crippen MR) is 88.5 cm³/mol. The fourth-order valence-electron chi connectivity index (χ4n) is 2.01. The second kappa shape index (κ2) is 6.20. The summed E-state index contributed by atoms with van der Waals surface area (Å²) in [6, 6.07) is 8.13. The van der Waals surface area contributed by atoms with Crippen LogP contribution in [-0.4, -0.2) is 30.6 Å². The van der Waals surface area contributed by atoms with Crippen LogP contribution in [0.1, 0.15) is 11.4 Å². The Morgan fingerprint density at radius 3 is 2.67 bits per heavy atom. The molecular formula is C14H14N8O2. The fraction of sp³-hybridized carbons (Fsp3) is 0.0714. The molecule has 0 fully saturated rings. The van der Waals surface area contributed by atoms with E-state index < -0.39 is 4.92 Å². The lowest BCUT2D eigenvalue weighted by atomic mass is 10.3. The van der Waals surface area contributed by atoms with Gasteiger partial charge in [-0.25, -0.2) is 10.1 Å². The SMILES string of the molecule is Cc1nnc(N/N=C/c2ccn(-c3ccc([N+](=O)[O-])cc3)c2)n1N. The summed E-state index contributed by atoms with van der Waals surface area (Å²) >= 11 is 0. The van der Waals surface area contributed by atoms with Gasteiger partial charge >= 0.3 is 0 Å². The number of anilines is 1. The van der Waals surface area contributed by atoms with Crippen LogP contribution in [0.3, 0.4) is 0 Å². The van der Waals surface area contributed by atoms with Crippen molar-refractivity contribution in [3.05, 3.63) is 64.2 Å². The molecule has 2 heterocycles. The molecule has 0 aliphatic carbocycles. The third-order valence-electron chi connectivity index (χ3n) is 3.32. The number of nitro groups is 1. The smallest absolute Gasteiger partial charge is 0.269 e. The molecule has 10 heteroatoms. The average molecular weight is 326 g/mol. The van der Waals surface area contributed by atoms with Gasteiger partial charge in [-0.05, 0) is 25.1 Å². The highest BCUT2D eigenvalue weighted by Crippen LogP contribution is 2.16. The standard InChI is InChI=1S/C14H14N8O2/c1-10-17-19-14(21(10)15)18-16-8-11-6-7-20(9-11)12-2-4-13(5-3-12)22(23)24/h2-9H,15H2,1H3,(H,18,19)/b16-8+. The lowest BCUT2D eigenvalue weighted by Crippen LogP contribution is -2.13. The van der Waals surface area contributed by atoms with Crippen LogP contribution in [0.2, 0.25) is 0 Å². The van der Waals surface area contributed by atoms with Gasteiger partial charge in [0.25, 0.3) is 11.6 Å². The van der Waals surface area contributed by atoms with Crippen molar-refractivity contribution >= 4 is 17.9 Å². The highest BCUT2D eigenvalue weighted by atomic mass is 16.6. The summed E-state index contributed by atoms with van der Waals surface area (Å²) in [6.07, 6.45) is 5.27. The third-order valence-corrected chi connectivity index (χ3v) is 3.32. The van der Waals surface area contributed by atoms with E-state index in [2.05, 4.69) is 20.7 Å². The van der Waals surface area contributed by atoms with Gasteiger partial charge in [0, 0.05) is 35.8 Å². The second-order valence-corrected chi connectivity index (χ2v) is 4.94. The number of non-ortho nitro benzene ring substituents is 1. The Balaban J connectivity index is 1.70. The number of hydrogen-bond acceptors (Lipinski definition) is 7. The van der Waals surface area contributed by atoms with Gasteiger partial charge in [0.1, 0.15) is 0 Å². The summed E-state index contributed by atoms with van der Waals surface area (Å²) in [6.45, 7) is 1.73. The minimum atomic E-state index is -0.429. The summed E-state index contributed by atoms with van der Waals surface area (Å²) in [5.74, 6) is 6.60. The summed E-state index contributed by atoms with van der Waals surface area (Å²) in [5.41, 5.74) is 4.40.